The summed E-state index contributed by atoms with van der Waals surface area (Å²) in [5.41, 5.74) is 4.23. The third-order valence-electron chi connectivity index (χ3n) is 6.70. The molecule has 2 aromatic carbocycles. The molecule has 2 atom stereocenters. The van der Waals surface area contributed by atoms with E-state index in [1.807, 2.05) is 39.0 Å². The summed E-state index contributed by atoms with van der Waals surface area (Å²) in [6, 6.07) is 12.4. The van der Waals surface area contributed by atoms with Crippen molar-refractivity contribution in [3.8, 4) is 17.2 Å². The predicted octanol–water partition coefficient (Wildman–Crippen LogP) is 4.97. The van der Waals surface area contributed by atoms with E-state index in [0.29, 0.717) is 47.8 Å². The molecule has 190 valence electrons. The van der Waals surface area contributed by atoms with Crippen molar-refractivity contribution in [2.24, 2.45) is 5.92 Å². The van der Waals surface area contributed by atoms with Crippen LogP contribution in [0.4, 0.5) is 0 Å². The topological polar surface area (TPSA) is 94.1 Å². The molecule has 2 N–H and O–H groups in total. The second-order valence-corrected chi connectivity index (χ2v) is 9.72. The fourth-order valence-corrected chi connectivity index (χ4v) is 4.97. The molecule has 1 aliphatic heterocycles. The van der Waals surface area contributed by atoms with Crippen LogP contribution in [0.15, 0.2) is 65.0 Å². The fraction of sp³-hybridized carbons (Fsp3) is 0.379. The van der Waals surface area contributed by atoms with E-state index in [2.05, 4.69) is 5.32 Å². The molecule has 2 aliphatic rings. The van der Waals surface area contributed by atoms with Gasteiger partial charge in [0.1, 0.15) is 5.75 Å². The van der Waals surface area contributed by atoms with Crippen LogP contribution >= 0.6 is 0 Å². The molecule has 36 heavy (non-hydrogen) atoms. The van der Waals surface area contributed by atoms with Crippen LogP contribution in [0.5, 0.6) is 17.2 Å². The van der Waals surface area contributed by atoms with Crippen molar-refractivity contribution in [3.05, 3.63) is 76.1 Å². The largest absolute Gasteiger partial charge is 0.508 e. The highest BCUT2D eigenvalue weighted by Gasteiger charge is 2.41. The molecule has 0 radical (unpaired) electrons. The number of phenols is 1. The molecule has 1 heterocycles. The first-order valence-electron chi connectivity index (χ1n) is 12.2. The molecule has 0 unspecified atom stereocenters. The first-order chi connectivity index (χ1) is 17.2. The smallest absolute Gasteiger partial charge is 0.336 e. The highest BCUT2D eigenvalue weighted by Crippen LogP contribution is 2.46. The molecule has 0 aromatic heterocycles. The number of aromatic hydroxyl groups is 1. The molecule has 0 amide bonds. The van der Waals surface area contributed by atoms with Gasteiger partial charge in [-0.2, -0.15) is 0 Å². The first kappa shape index (κ1) is 25.4. The zero-order valence-electron chi connectivity index (χ0n) is 21.4. The molecular formula is C29H33NO6. The lowest BCUT2D eigenvalue weighted by Crippen LogP contribution is -2.36. The Kier molecular flexibility index (Phi) is 7.38. The molecule has 0 bridgehead atoms. The monoisotopic (exact) mass is 491 g/mol. The number of benzene rings is 2. The van der Waals surface area contributed by atoms with Crippen LogP contribution in [-0.2, 0) is 14.3 Å². The molecule has 0 saturated heterocycles. The first-order valence-corrected chi connectivity index (χ1v) is 12.2. The maximum Gasteiger partial charge on any atom is 0.336 e. The Morgan fingerprint density at radius 2 is 1.69 bits per heavy atom. The van der Waals surface area contributed by atoms with Gasteiger partial charge in [-0.15, -0.1) is 0 Å². The second-order valence-electron chi connectivity index (χ2n) is 9.72. The minimum atomic E-state index is -0.569. The van der Waals surface area contributed by atoms with Gasteiger partial charge in [0.25, 0.3) is 0 Å². The third-order valence-corrected chi connectivity index (χ3v) is 6.70. The molecule has 7 nitrogen and oxygen atoms in total. The number of allylic oxidation sites excluding steroid dienone is 3. The minimum Gasteiger partial charge on any atom is -0.508 e. The minimum absolute atomic E-state index is 0.0248. The number of carbonyl (C=O) groups excluding carboxylic acids is 2. The van der Waals surface area contributed by atoms with E-state index in [1.165, 1.54) is 0 Å². The average molecular weight is 492 g/mol. The van der Waals surface area contributed by atoms with Gasteiger partial charge in [-0.05, 0) is 60.6 Å². The number of nitrogens with one attached hydrogen (secondary N) is 1. The maximum absolute atomic E-state index is 13.7. The number of Topliss-reactive ketones (excluding diaryl/α,β-unsaturated/α-hetero) is 1. The fourth-order valence-electron chi connectivity index (χ4n) is 4.97. The zero-order chi connectivity index (χ0) is 26.0. The lowest BCUT2D eigenvalue weighted by Gasteiger charge is -2.37. The number of hydrogen-bond acceptors (Lipinski definition) is 7. The third kappa shape index (κ3) is 4.96. The molecule has 1 aliphatic carbocycles. The standard InChI is InChI=1S/C29H33NO6/c1-16(2)15-36-29(33)26-17(3)30-22-12-20(19-8-11-24(34-4)25(14-19)35-5)13-23(32)28(22)27(26)18-6-9-21(31)10-7-18/h6-11,14,16,20,27,30-31H,12-13,15H2,1-5H3/t20-,27+/m0/s1. The van der Waals surface area contributed by atoms with Gasteiger partial charge in [-0.25, -0.2) is 4.79 Å². The summed E-state index contributed by atoms with van der Waals surface area (Å²) in [6.45, 7) is 6.09. The maximum atomic E-state index is 13.7. The van der Waals surface area contributed by atoms with Gasteiger partial charge in [-0.1, -0.05) is 32.0 Å². The summed E-state index contributed by atoms with van der Waals surface area (Å²) in [5, 5.41) is 13.2. The van der Waals surface area contributed by atoms with Crippen molar-refractivity contribution < 1.29 is 28.9 Å². The van der Waals surface area contributed by atoms with Gasteiger partial charge in [-0.3, -0.25) is 4.79 Å². The van der Waals surface area contributed by atoms with Gasteiger partial charge in [0.15, 0.2) is 17.3 Å². The van der Waals surface area contributed by atoms with Gasteiger partial charge in [0.2, 0.25) is 0 Å². The molecule has 4 rings (SSSR count). The number of rotatable bonds is 7. The Labute approximate surface area is 211 Å². The van der Waals surface area contributed by atoms with Gasteiger partial charge >= 0.3 is 5.97 Å². The predicted molar refractivity (Wildman–Crippen MR) is 136 cm³/mol. The Bertz CT molecular complexity index is 1220. The van der Waals surface area contributed by atoms with Gasteiger partial charge in [0.05, 0.1) is 26.4 Å². The van der Waals surface area contributed by atoms with E-state index in [0.717, 1.165) is 16.8 Å². The van der Waals surface area contributed by atoms with Crippen LogP contribution in [0.25, 0.3) is 0 Å². The number of carbonyl (C=O) groups is 2. The van der Waals surface area contributed by atoms with Crippen molar-refractivity contribution in [2.75, 3.05) is 20.8 Å². The number of phenolic OH excluding ortho intramolecular Hbond substituents is 1. The van der Waals surface area contributed by atoms with E-state index < -0.39 is 11.9 Å². The van der Waals surface area contributed by atoms with Gasteiger partial charge < -0.3 is 24.6 Å². The summed E-state index contributed by atoms with van der Waals surface area (Å²) < 4.78 is 16.4. The Hall–Kier alpha value is -3.74. The van der Waals surface area contributed by atoms with Crippen molar-refractivity contribution in [2.45, 2.75) is 45.4 Å². The van der Waals surface area contributed by atoms with Crippen LogP contribution < -0.4 is 14.8 Å². The Morgan fingerprint density at radius 3 is 2.33 bits per heavy atom. The van der Waals surface area contributed by atoms with E-state index in [9.17, 15) is 14.7 Å². The van der Waals surface area contributed by atoms with Crippen molar-refractivity contribution in [3.63, 3.8) is 0 Å². The van der Waals surface area contributed by atoms with E-state index >= 15 is 0 Å². The summed E-state index contributed by atoms with van der Waals surface area (Å²) in [7, 11) is 3.18. The number of esters is 1. The Balaban J connectivity index is 1.74. The van der Waals surface area contributed by atoms with Crippen LogP contribution in [0.3, 0.4) is 0 Å². The van der Waals surface area contributed by atoms with Crippen molar-refractivity contribution in [1.82, 2.24) is 5.32 Å². The van der Waals surface area contributed by atoms with Crippen LogP contribution in [0.1, 0.15) is 56.6 Å². The number of hydrogen-bond donors (Lipinski definition) is 2. The SMILES string of the molecule is COc1ccc([C@@H]2CC(=O)C3=C(C2)NC(C)=C(C(=O)OCC(C)C)[C@H]3c2ccc(O)cc2)cc1OC. The van der Waals surface area contributed by atoms with Crippen LogP contribution in [-0.4, -0.2) is 37.7 Å². The van der Waals surface area contributed by atoms with E-state index in [-0.39, 0.29) is 23.4 Å². The Morgan fingerprint density at radius 1 is 1.03 bits per heavy atom. The van der Waals surface area contributed by atoms with Gasteiger partial charge in [0, 0.05) is 29.3 Å². The van der Waals surface area contributed by atoms with E-state index in [4.69, 9.17) is 14.2 Å². The number of ketones is 1. The average Bonchev–Trinajstić information content (AvgIpc) is 2.86. The quantitative estimate of drug-likeness (QED) is 0.528. The molecule has 0 spiro atoms. The molecule has 0 saturated carbocycles. The van der Waals surface area contributed by atoms with Crippen LogP contribution in [0, 0.1) is 5.92 Å². The molecule has 7 heteroatoms. The van der Waals surface area contributed by atoms with E-state index in [1.54, 1.807) is 38.5 Å². The zero-order valence-corrected chi connectivity index (χ0v) is 21.4. The summed E-state index contributed by atoms with van der Waals surface area (Å²) in [4.78, 5) is 26.9. The highest BCUT2D eigenvalue weighted by molar-refractivity contribution is 6.04. The lowest BCUT2D eigenvalue weighted by molar-refractivity contribution is -0.140. The molecule has 2 aromatic rings. The molecule has 0 fully saturated rings. The van der Waals surface area contributed by atoms with Crippen LogP contribution in [0.2, 0.25) is 0 Å². The normalized spacial score (nSPS) is 19.7. The number of dihydropyridines is 1. The molecular weight excluding hydrogens is 458 g/mol. The lowest BCUT2D eigenvalue weighted by atomic mass is 9.71. The second kappa shape index (κ2) is 10.5. The highest BCUT2D eigenvalue weighted by atomic mass is 16.5. The summed E-state index contributed by atoms with van der Waals surface area (Å²) in [5.74, 6) is 0.479. The van der Waals surface area contributed by atoms with Crippen molar-refractivity contribution in [1.29, 1.82) is 0 Å². The summed E-state index contributed by atoms with van der Waals surface area (Å²) >= 11 is 0. The number of methoxy groups -OCH3 is 2. The van der Waals surface area contributed by atoms with Crippen molar-refractivity contribution >= 4 is 11.8 Å². The summed E-state index contributed by atoms with van der Waals surface area (Å²) in [6.07, 6.45) is 0.911. The number of ether oxygens (including phenoxy) is 3.